The Balaban J connectivity index is 1.60. The van der Waals surface area contributed by atoms with E-state index in [2.05, 4.69) is 10.3 Å². The van der Waals surface area contributed by atoms with Gasteiger partial charge in [0.15, 0.2) is 0 Å². The number of carbonyl (C=O) groups excluding carboxylic acids is 1. The van der Waals surface area contributed by atoms with Crippen molar-refractivity contribution in [2.24, 2.45) is 0 Å². The number of alkyl halides is 3. The molecule has 30 heavy (non-hydrogen) atoms. The minimum Gasteiger partial charge on any atom is -0.457 e. The number of rotatable bonds is 4. The summed E-state index contributed by atoms with van der Waals surface area (Å²) in [7, 11) is 0. The molecule has 0 radical (unpaired) electrons. The van der Waals surface area contributed by atoms with Gasteiger partial charge in [0.2, 0.25) is 0 Å². The van der Waals surface area contributed by atoms with Crippen molar-refractivity contribution in [3.8, 4) is 11.5 Å². The standard InChI is InChI=1S/C23H15F3N2O2/c24-23(25,26)16-4-2-5-17(14-16)28-22(29)21-6-1-3-15-13-19(7-8-20(15)21)30-18-9-11-27-12-10-18/h1-14H,(H,28,29). The highest BCUT2D eigenvalue weighted by Crippen LogP contribution is 2.31. The van der Waals surface area contributed by atoms with E-state index in [4.69, 9.17) is 4.74 Å². The van der Waals surface area contributed by atoms with Crippen LogP contribution in [0, 0.1) is 0 Å². The van der Waals surface area contributed by atoms with E-state index in [9.17, 15) is 18.0 Å². The molecule has 0 bridgehead atoms. The summed E-state index contributed by atoms with van der Waals surface area (Å²) in [6.07, 6.45) is -1.25. The van der Waals surface area contributed by atoms with Gasteiger partial charge in [0, 0.05) is 23.6 Å². The van der Waals surface area contributed by atoms with Gasteiger partial charge in [-0.05, 0) is 65.4 Å². The molecular formula is C23H15F3N2O2. The zero-order valence-electron chi connectivity index (χ0n) is 15.5. The number of hydrogen-bond acceptors (Lipinski definition) is 3. The number of pyridine rings is 1. The van der Waals surface area contributed by atoms with E-state index in [1.807, 2.05) is 6.07 Å². The van der Waals surface area contributed by atoms with Gasteiger partial charge in [-0.15, -0.1) is 0 Å². The first-order valence-electron chi connectivity index (χ1n) is 8.99. The number of carbonyl (C=O) groups is 1. The number of ether oxygens (including phenoxy) is 1. The molecule has 4 rings (SSSR count). The van der Waals surface area contributed by atoms with Crippen molar-refractivity contribution < 1.29 is 22.7 Å². The molecule has 0 saturated carbocycles. The topological polar surface area (TPSA) is 51.2 Å². The lowest BCUT2D eigenvalue weighted by Crippen LogP contribution is -2.13. The molecule has 0 aliphatic rings. The molecule has 0 spiro atoms. The number of hydrogen-bond donors (Lipinski definition) is 1. The van der Waals surface area contributed by atoms with Crippen LogP contribution >= 0.6 is 0 Å². The Bertz CT molecular complexity index is 1210. The van der Waals surface area contributed by atoms with Crippen LogP contribution < -0.4 is 10.1 Å². The number of halogens is 3. The number of anilines is 1. The molecule has 0 aliphatic carbocycles. The first kappa shape index (κ1) is 19.4. The molecular weight excluding hydrogens is 393 g/mol. The molecule has 3 aromatic carbocycles. The Hall–Kier alpha value is -3.87. The van der Waals surface area contributed by atoms with E-state index >= 15 is 0 Å². The Morgan fingerprint density at radius 2 is 1.63 bits per heavy atom. The molecule has 7 heteroatoms. The summed E-state index contributed by atoms with van der Waals surface area (Å²) in [4.78, 5) is 16.7. The van der Waals surface area contributed by atoms with Crippen molar-refractivity contribution in [2.45, 2.75) is 6.18 Å². The van der Waals surface area contributed by atoms with Crippen LogP contribution in [0.25, 0.3) is 10.8 Å². The van der Waals surface area contributed by atoms with Gasteiger partial charge in [0.25, 0.3) is 5.91 Å². The van der Waals surface area contributed by atoms with Crippen LogP contribution in [0.3, 0.4) is 0 Å². The number of nitrogens with one attached hydrogen (secondary N) is 1. The van der Waals surface area contributed by atoms with E-state index in [1.54, 1.807) is 54.9 Å². The van der Waals surface area contributed by atoms with E-state index in [0.717, 1.165) is 17.5 Å². The van der Waals surface area contributed by atoms with Gasteiger partial charge in [-0.25, -0.2) is 0 Å². The number of fused-ring (bicyclic) bond motifs is 1. The zero-order valence-corrected chi connectivity index (χ0v) is 15.5. The third kappa shape index (κ3) is 4.25. The van der Waals surface area contributed by atoms with Gasteiger partial charge in [-0.1, -0.05) is 18.2 Å². The fourth-order valence-electron chi connectivity index (χ4n) is 3.04. The summed E-state index contributed by atoms with van der Waals surface area (Å²) in [6.45, 7) is 0. The smallest absolute Gasteiger partial charge is 0.416 e. The Kier molecular flexibility index (Phi) is 5.10. The van der Waals surface area contributed by atoms with E-state index < -0.39 is 17.6 Å². The molecule has 1 amide bonds. The maximum Gasteiger partial charge on any atom is 0.416 e. The molecule has 1 heterocycles. The van der Waals surface area contributed by atoms with Crippen molar-refractivity contribution in [3.63, 3.8) is 0 Å². The molecule has 1 N–H and O–H groups in total. The molecule has 0 atom stereocenters. The molecule has 1 aromatic heterocycles. The fourth-order valence-corrected chi connectivity index (χ4v) is 3.04. The van der Waals surface area contributed by atoms with Crippen LogP contribution in [0.4, 0.5) is 18.9 Å². The van der Waals surface area contributed by atoms with E-state index in [-0.39, 0.29) is 5.69 Å². The van der Waals surface area contributed by atoms with Crippen molar-refractivity contribution in [1.29, 1.82) is 0 Å². The maximum absolute atomic E-state index is 12.9. The monoisotopic (exact) mass is 408 g/mol. The second kappa shape index (κ2) is 7.87. The third-order valence-corrected chi connectivity index (χ3v) is 4.43. The molecule has 0 saturated heterocycles. The normalized spacial score (nSPS) is 11.3. The molecule has 0 aliphatic heterocycles. The highest BCUT2D eigenvalue weighted by Gasteiger charge is 2.30. The van der Waals surface area contributed by atoms with Gasteiger partial charge in [-0.2, -0.15) is 13.2 Å². The van der Waals surface area contributed by atoms with Crippen LogP contribution in [0.1, 0.15) is 15.9 Å². The minimum atomic E-state index is -4.48. The predicted octanol–water partition coefficient (Wildman–Crippen LogP) is 6.30. The van der Waals surface area contributed by atoms with Gasteiger partial charge in [-0.3, -0.25) is 9.78 Å². The van der Waals surface area contributed by atoms with Crippen molar-refractivity contribution in [3.05, 3.63) is 96.3 Å². The maximum atomic E-state index is 12.9. The largest absolute Gasteiger partial charge is 0.457 e. The summed E-state index contributed by atoms with van der Waals surface area (Å²) in [5, 5.41) is 3.96. The van der Waals surface area contributed by atoms with Crippen LogP contribution in [-0.4, -0.2) is 10.9 Å². The first-order chi connectivity index (χ1) is 14.4. The molecule has 0 unspecified atom stereocenters. The van der Waals surface area contributed by atoms with Crippen LogP contribution in [0.2, 0.25) is 0 Å². The molecule has 0 fully saturated rings. The number of benzene rings is 3. The summed E-state index contributed by atoms with van der Waals surface area (Å²) < 4.78 is 44.5. The fraction of sp³-hybridized carbons (Fsp3) is 0.0435. The Morgan fingerprint density at radius 1 is 0.867 bits per heavy atom. The van der Waals surface area contributed by atoms with Crippen molar-refractivity contribution in [2.75, 3.05) is 5.32 Å². The number of amides is 1. The minimum absolute atomic E-state index is 0.0736. The van der Waals surface area contributed by atoms with Crippen molar-refractivity contribution >= 4 is 22.4 Å². The second-order valence-electron chi connectivity index (χ2n) is 6.51. The number of nitrogens with zero attached hydrogens (tertiary/aromatic N) is 1. The zero-order chi connectivity index (χ0) is 21.1. The summed E-state index contributed by atoms with van der Waals surface area (Å²) in [6, 6.07) is 18.4. The highest BCUT2D eigenvalue weighted by molar-refractivity contribution is 6.13. The SMILES string of the molecule is O=C(Nc1cccc(C(F)(F)F)c1)c1cccc2cc(Oc3ccncc3)ccc12. The number of aromatic nitrogens is 1. The second-order valence-corrected chi connectivity index (χ2v) is 6.51. The van der Waals surface area contributed by atoms with Crippen molar-refractivity contribution in [1.82, 2.24) is 4.98 Å². The average molecular weight is 408 g/mol. The third-order valence-electron chi connectivity index (χ3n) is 4.43. The quantitative estimate of drug-likeness (QED) is 0.431. The summed E-state index contributed by atoms with van der Waals surface area (Å²) in [5.41, 5.74) is -0.402. The van der Waals surface area contributed by atoms with Gasteiger partial charge < -0.3 is 10.1 Å². The lowest BCUT2D eigenvalue weighted by Gasteiger charge is -2.12. The molecule has 4 aromatic rings. The van der Waals surface area contributed by atoms with Gasteiger partial charge in [0.1, 0.15) is 11.5 Å². The highest BCUT2D eigenvalue weighted by atomic mass is 19.4. The predicted molar refractivity (Wildman–Crippen MR) is 108 cm³/mol. The van der Waals surface area contributed by atoms with E-state index in [1.165, 1.54) is 12.1 Å². The van der Waals surface area contributed by atoms with Crippen LogP contribution in [0.5, 0.6) is 11.5 Å². The lowest BCUT2D eigenvalue weighted by molar-refractivity contribution is -0.137. The van der Waals surface area contributed by atoms with E-state index in [0.29, 0.717) is 22.4 Å². The van der Waals surface area contributed by atoms with Gasteiger partial charge in [0.05, 0.1) is 5.56 Å². The average Bonchev–Trinajstić information content (AvgIpc) is 2.73. The summed E-state index contributed by atoms with van der Waals surface area (Å²) >= 11 is 0. The first-order valence-corrected chi connectivity index (χ1v) is 8.99. The Morgan fingerprint density at radius 3 is 2.40 bits per heavy atom. The Labute approximate surface area is 169 Å². The molecule has 4 nitrogen and oxygen atoms in total. The van der Waals surface area contributed by atoms with Crippen LogP contribution in [0.15, 0.2) is 85.2 Å². The van der Waals surface area contributed by atoms with Crippen LogP contribution in [-0.2, 0) is 6.18 Å². The molecule has 150 valence electrons. The summed E-state index contributed by atoms with van der Waals surface area (Å²) in [5.74, 6) is 0.717. The van der Waals surface area contributed by atoms with Gasteiger partial charge >= 0.3 is 6.18 Å². The lowest BCUT2D eigenvalue weighted by atomic mass is 10.0.